The van der Waals surface area contributed by atoms with E-state index in [0.717, 1.165) is 22.3 Å². The summed E-state index contributed by atoms with van der Waals surface area (Å²) in [6, 6.07) is 17.6. The van der Waals surface area contributed by atoms with Gasteiger partial charge in [-0.2, -0.15) is 0 Å². The van der Waals surface area contributed by atoms with Crippen molar-refractivity contribution in [2.45, 2.75) is 20.5 Å². The van der Waals surface area contributed by atoms with Crippen molar-refractivity contribution in [3.63, 3.8) is 0 Å². The van der Waals surface area contributed by atoms with E-state index in [0.29, 0.717) is 41.6 Å². The minimum absolute atomic E-state index is 0.184. The summed E-state index contributed by atoms with van der Waals surface area (Å²) in [5.74, 6) is 1.86. The number of nitrogens with two attached hydrogens (primary N) is 1. The minimum atomic E-state index is -0.491. The van der Waals surface area contributed by atoms with Gasteiger partial charge in [0.1, 0.15) is 30.3 Å². The molecule has 0 fully saturated rings. The summed E-state index contributed by atoms with van der Waals surface area (Å²) in [6.45, 7) is 4.30. The lowest BCUT2D eigenvalue weighted by atomic mass is 10.1. The zero-order chi connectivity index (χ0) is 21.1. The Hall–Kier alpha value is -3.51. The highest BCUT2D eigenvalue weighted by Gasteiger charge is 2.24. The Morgan fingerprint density at radius 2 is 1.90 bits per heavy atom. The predicted octanol–water partition coefficient (Wildman–Crippen LogP) is 4.55. The Morgan fingerprint density at radius 1 is 1.10 bits per heavy atom. The second kappa shape index (κ2) is 8.47. The summed E-state index contributed by atoms with van der Waals surface area (Å²) >= 11 is 0. The third kappa shape index (κ3) is 4.09. The van der Waals surface area contributed by atoms with Gasteiger partial charge in [0.2, 0.25) is 0 Å². The first-order chi connectivity index (χ1) is 14.5. The number of hydrogen-bond donors (Lipinski definition) is 1. The molecule has 1 aliphatic heterocycles. The van der Waals surface area contributed by atoms with Crippen LogP contribution in [0.1, 0.15) is 25.2 Å². The first-order valence-corrected chi connectivity index (χ1v) is 9.70. The van der Waals surface area contributed by atoms with Crippen molar-refractivity contribution in [1.82, 2.24) is 0 Å². The van der Waals surface area contributed by atoms with Gasteiger partial charge in [-0.3, -0.25) is 4.79 Å². The normalized spacial score (nSPS) is 14.1. The molecule has 2 heterocycles. The number of allylic oxidation sites excluding steroid dienone is 1. The van der Waals surface area contributed by atoms with Crippen LogP contribution in [0.25, 0.3) is 16.7 Å². The van der Waals surface area contributed by atoms with Gasteiger partial charge in [-0.1, -0.05) is 30.3 Å². The van der Waals surface area contributed by atoms with Gasteiger partial charge in [-0.05, 0) is 43.7 Å². The molecule has 0 unspecified atom stereocenters. The van der Waals surface area contributed by atoms with Crippen molar-refractivity contribution in [3.8, 4) is 5.75 Å². The number of hydrogen-bond acceptors (Lipinski definition) is 6. The van der Waals surface area contributed by atoms with Gasteiger partial charge in [-0.15, -0.1) is 0 Å². The van der Waals surface area contributed by atoms with Crippen molar-refractivity contribution in [1.29, 1.82) is 0 Å². The molecule has 1 aromatic heterocycles. The van der Waals surface area contributed by atoms with Crippen molar-refractivity contribution in [2.24, 2.45) is 5.73 Å². The lowest BCUT2D eigenvalue weighted by molar-refractivity contribution is -0.137. The largest absolute Gasteiger partial charge is 0.489 e. The molecule has 0 amide bonds. The molecule has 0 saturated carbocycles. The number of ether oxygens (including phenoxy) is 3. The van der Waals surface area contributed by atoms with Crippen LogP contribution in [0.3, 0.4) is 0 Å². The fourth-order valence-electron chi connectivity index (χ4n) is 3.32. The number of carbonyl (C=O) groups is 1. The van der Waals surface area contributed by atoms with E-state index in [9.17, 15) is 4.79 Å². The van der Waals surface area contributed by atoms with E-state index in [4.69, 9.17) is 24.4 Å². The molecule has 4 rings (SSSR count). The molecule has 30 heavy (non-hydrogen) atoms. The van der Waals surface area contributed by atoms with Crippen LogP contribution in [0.15, 0.2) is 75.9 Å². The number of benzene rings is 2. The third-order valence-corrected chi connectivity index (χ3v) is 4.84. The maximum Gasteiger partial charge on any atom is 0.325 e. The zero-order valence-corrected chi connectivity index (χ0v) is 16.9. The molecule has 154 valence electrons. The standard InChI is InChI=1S/C24H23NO5/c1-15-13-28-24(16(2)23(15)30-22(26)12-25)21-11-18-10-19(8-9-20(18)29-21)27-14-17-6-4-3-5-7-17/h3-11H,12-14,25H2,1-2H3. The number of fused-ring (bicyclic) bond motifs is 1. The molecule has 3 aromatic rings. The average molecular weight is 405 g/mol. The van der Waals surface area contributed by atoms with Gasteiger partial charge in [0.15, 0.2) is 11.5 Å². The molecule has 0 spiro atoms. The molecule has 2 N–H and O–H groups in total. The van der Waals surface area contributed by atoms with E-state index in [1.165, 1.54) is 0 Å². The van der Waals surface area contributed by atoms with E-state index in [-0.39, 0.29) is 6.54 Å². The molecule has 1 aliphatic rings. The van der Waals surface area contributed by atoms with Crippen LogP contribution in [-0.4, -0.2) is 19.1 Å². The lowest BCUT2D eigenvalue weighted by Gasteiger charge is -2.21. The quantitative estimate of drug-likeness (QED) is 0.606. The molecule has 0 radical (unpaired) electrons. The average Bonchev–Trinajstić information content (AvgIpc) is 3.18. The molecule has 0 bridgehead atoms. The van der Waals surface area contributed by atoms with Gasteiger partial charge in [0.25, 0.3) is 0 Å². The Balaban J connectivity index is 1.59. The van der Waals surface area contributed by atoms with Gasteiger partial charge in [-0.25, -0.2) is 0 Å². The summed E-state index contributed by atoms with van der Waals surface area (Å²) in [5.41, 5.74) is 8.71. The van der Waals surface area contributed by atoms with Crippen LogP contribution in [0.4, 0.5) is 0 Å². The van der Waals surface area contributed by atoms with E-state index >= 15 is 0 Å². The van der Waals surface area contributed by atoms with E-state index in [1.54, 1.807) is 0 Å². The van der Waals surface area contributed by atoms with E-state index < -0.39 is 5.97 Å². The predicted molar refractivity (Wildman–Crippen MR) is 113 cm³/mol. The second-order valence-electron chi connectivity index (χ2n) is 7.12. The minimum Gasteiger partial charge on any atom is -0.489 e. The Labute approximate surface area is 174 Å². The highest BCUT2D eigenvalue weighted by atomic mass is 16.5. The van der Waals surface area contributed by atoms with Crippen LogP contribution >= 0.6 is 0 Å². The molecule has 6 heteroatoms. The molecule has 2 aromatic carbocycles. The van der Waals surface area contributed by atoms with Gasteiger partial charge < -0.3 is 24.4 Å². The molecular formula is C24H23NO5. The number of esters is 1. The molecule has 6 nitrogen and oxygen atoms in total. The van der Waals surface area contributed by atoms with Crippen molar-refractivity contribution in [3.05, 3.63) is 82.8 Å². The maximum atomic E-state index is 11.7. The fourth-order valence-corrected chi connectivity index (χ4v) is 3.32. The summed E-state index contributed by atoms with van der Waals surface area (Å²) in [5, 5.41) is 0.895. The highest BCUT2D eigenvalue weighted by Crippen LogP contribution is 2.35. The Bertz CT molecular complexity index is 1140. The topological polar surface area (TPSA) is 83.9 Å². The van der Waals surface area contributed by atoms with E-state index in [2.05, 4.69) is 0 Å². The Kier molecular flexibility index (Phi) is 5.59. The smallest absolute Gasteiger partial charge is 0.325 e. The number of carbonyl (C=O) groups excluding carboxylic acids is 1. The number of rotatable bonds is 6. The van der Waals surface area contributed by atoms with Crippen LogP contribution < -0.4 is 10.5 Å². The van der Waals surface area contributed by atoms with Crippen molar-refractivity contribution >= 4 is 22.7 Å². The first-order valence-electron chi connectivity index (χ1n) is 9.70. The summed E-state index contributed by atoms with van der Waals surface area (Å²) in [7, 11) is 0. The van der Waals surface area contributed by atoms with Crippen LogP contribution in [0.2, 0.25) is 0 Å². The maximum absolute atomic E-state index is 11.7. The second-order valence-corrected chi connectivity index (χ2v) is 7.12. The first kappa shape index (κ1) is 19.8. The number of furan rings is 1. The molecular weight excluding hydrogens is 382 g/mol. The Morgan fingerprint density at radius 3 is 2.67 bits per heavy atom. The highest BCUT2D eigenvalue weighted by molar-refractivity contribution is 5.83. The zero-order valence-electron chi connectivity index (χ0n) is 16.9. The third-order valence-electron chi connectivity index (χ3n) is 4.84. The molecule has 0 atom stereocenters. The molecule has 0 aliphatic carbocycles. The van der Waals surface area contributed by atoms with Gasteiger partial charge in [0.05, 0.1) is 6.54 Å². The van der Waals surface area contributed by atoms with Gasteiger partial charge in [0, 0.05) is 16.5 Å². The summed E-state index contributed by atoms with van der Waals surface area (Å²) in [4.78, 5) is 11.7. The van der Waals surface area contributed by atoms with E-state index in [1.807, 2.05) is 68.4 Å². The molecule has 0 saturated heterocycles. The fraction of sp³-hybridized carbons (Fsp3) is 0.208. The lowest BCUT2D eigenvalue weighted by Crippen LogP contribution is -2.20. The monoisotopic (exact) mass is 405 g/mol. The van der Waals surface area contributed by atoms with Crippen LogP contribution in [0, 0.1) is 0 Å². The summed E-state index contributed by atoms with van der Waals surface area (Å²) in [6.07, 6.45) is 0. The van der Waals surface area contributed by atoms with Crippen LogP contribution in [0.5, 0.6) is 5.75 Å². The summed E-state index contributed by atoms with van der Waals surface area (Å²) < 4.78 is 23.2. The van der Waals surface area contributed by atoms with Crippen molar-refractivity contribution < 1.29 is 23.4 Å². The SMILES string of the molecule is CC1=C(OC(=O)CN)C(C)=C(c2cc3cc(OCc4ccccc4)ccc3o2)OC1. The van der Waals surface area contributed by atoms with Crippen LogP contribution in [-0.2, 0) is 20.9 Å². The van der Waals surface area contributed by atoms with Crippen molar-refractivity contribution in [2.75, 3.05) is 13.2 Å². The van der Waals surface area contributed by atoms with Gasteiger partial charge >= 0.3 is 5.97 Å².